The average Bonchev–Trinajstić information content (AvgIpc) is 2.82. The molecular weight excluding hydrogens is 272 g/mol. The number of benzene rings is 1. The van der Waals surface area contributed by atoms with E-state index in [2.05, 4.69) is 26.0 Å². The van der Waals surface area contributed by atoms with Gasteiger partial charge in [0.25, 0.3) is 0 Å². The summed E-state index contributed by atoms with van der Waals surface area (Å²) in [7, 11) is 0. The summed E-state index contributed by atoms with van der Waals surface area (Å²) >= 11 is 0. The number of ketones is 1. The van der Waals surface area contributed by atoms with E-state index in [1.165, 1.54) is 16.7 Å². The Kier molecular flexibility index (Phi) is 3.01. The van der Waals surface area contributed by atoms with Crippen molar-refractivity contribution in [3.8, 4) is 5.75 Å². The average molecular weight is 296 g/mol. The summed E-state index contributed by atoms with van der Waals surface area (Å²) in [6.07, 6.45) is 7.24. The Hall–Kier alpha value is -1.57. The summed E-state index contributed by atoms with van der Waals surface area (Å²) < 4.78 is 0. The van der Waals surface area contributed by atoms with Gasteiger partial charge in [-0.05, 0) is 79.2 Å². The second-order valence-corrected chi connectivity index (χ2v) is 7.58. The number of Topliss-reactive ketones (excluding diaryl/α,β-unsaturated/α-hetero) is 1. The largest absolute Gasteiger partial charge is 0.508 e. The van der Waals surface area contributed by atoms with E-state index in [0.29, 0.717) is 29.3 Å². The number of carbonyl (C=O) groups is 1. The van der Waals surface area contributed by atoms with Crippen molar-refractivity contribution in [2.75, 3.05) is 0 Å². The van der Waals surface area contributed by atoms with Crippen molar-refractivity contribution in [1.82, 2.24) is 0 Å². The minimum absolute atomic E-state index is 0.0750. The third-order valence-corrected chi connectivity index (χ3v) is 6.73. The van der Waals surface area contributed by atoms with Crippen LogP contribution < -0.4 is 0 Å². The number of rotatable bonds is 0. The molecule has 0 amide bonds. The van der Waals surface area contributed by atoms with Crippen LogP contribution in [-0.2, 0) is 4.79 Å². The fraction of sp³-hybridized carbons (Fsp3) is 0.550. The maximum atomic E-state index is 12.4. The van der Waals surface area contributed by atoms with Gasteiger partial charge in [-0.1, -0.05) is 19.1 Å². The zero-order valence-electron chi connectivity index (χ0n) is 13.4. The Labute approximate surface area is 132 Å². The fourth-order valence-electron chi connectivity index (χ4n) is 5.51. The lowest BCUT2D eigenvalue weighted by Crippen LogP contribution is -2.42. The highest BCUT2D eigenvalue weighted by atomic mass is 16.3. The van der Waals surface area contributed by atoms with E-state index in [9.17, 15) is 9.90 Å². The highest BCUT2D eigenvalue weighted by Gasteiger charge is 2.54. The molecular formula is C20H24O2. The second-order valence-electron chi connectivity index (χ2n) is 7.58. The van der Waals surface area contributed by atoms with Crippen molar-refractivity contribution in [2.45, 2.75) is 51.9 Å². The van der Waals surface area contributed by atoms with E-state index >= 15 is 0 Å². The number of hydrogen-bond acceptors (Lipinski definition) is 2. The number of phenols is 1. The number of hydrogen-bond donors (Lipinski definition) is 1. The highest BCUT2D eigenvalue weighted by Crippen LogP contribution is 2.61. The Morgan fingerprint density at radius 1 is 1.32 bits per heavy atom. The van der Waals surface area contributed by atoms with Gasteiger partial charge in [0.1, 0.15) is 11.5 Å². The van der Waals surface area contributed by atoms with Gasteiger partial charge in [-0.3, -0.25) is 4.79 Å². The topological polar surface area (TPSA) is 37.3 Å². The molecule has 0 bridgehead atoms. The molecule has 0 unspecified atom stereocenters. The SMILES string of the molecule is CC=C1C[C@@H]2[C@H](CC[C@]3(C)C(=O)CC[C@@H]23)c2ccc(O)cc21. The molecule has 1 N–H and O–H groups in total. The molecule has 4 rings (SSSR count). The summed E-state index contributed by atoms with van der Waals surface area (Å²) in [5.74, 6) is 2.54. The van der Waals surface area contributed by atoms with E-state index in [0.717, 1.165) is 32.1 Å². The third kappa shape index (κ3) is 1.76. The Balaban J connectivity index is 1.81. The van der Waals surface area contributed by atoms with Gasteiger partial charge in [-0.25, -0.2) is 0 Å². The second kappa shape index (κ2) is 4.71. The Morgan fingerprint density at radius 3 is 2.91 bits per heavy atom. The maximum absolute atomic E-state index is 12.4. The zero-order chi connectivity index (χ0) is 15.5. The first-order valence-electron chi connectivity index (χ1n) is 8.56. The van der Waals surface area contributed by atoms with Gasteiger partial charge in [-0.2, -0.15) is 0 Å². The Morgan fingerprint density at radius 2 is 2.14 bits per heavy atom. The summed E-state index contributed by atoms with van der Waals surface area (Å²) in [6, 6.07) is 5.86. The number of phenolic OH excluding ortho intramolecular Hbond substituents is 1. The molecule has 0 radical (unpaired) electrons. The first-order chi connectivity index (χ1) is 10.5. The molecule has 0 aliphatic heterocycles. The molecule has 0 spiro atoms. The van der Waals surface area contributed by atoms with Crippen molar-refractivity contribution < 1.29 is 9.90 Å². The molecule has 1 aromatic rings. The van der Waals surface area contributed by atoms with E-state index in [-0.39, 0.29) is 5.41 Å². The lowest BCUT2D eigenvalue weighted by atomic mass is 9.55. The quantitative estimate of drug-likeness (QED) is 0.755. The van der Waals surface area contributed by atoms with Crippen LogP contribution in [0.5, 0.6) is 5.75 Å². The monoisotopic (exact) mass is 296 g/mol. The van der Waals surface area contributed by atoms with Gasteiger partial charge in [-0.15, -0.1) is 0 Å². The van der Waals surface area contributed by atoms with Gasteiger partial charge >= 0.3 is 0 Å². The molecule has 22 heavy (non-hydrogen) atoms. The molecule has 116 valence electrons. The standard InChI is InChI=1S/C20H24O2/c1-3-12-10-17-15(14-5-4-13(21)11-16(12)14)8-9-20(2)18(17)6-7-19(20)22/h3-5,11,15,17-18,21H,6-10H2,1-2H3/t15-,17-,18+,20+/m1/s1. The summed E-state index contributed by atoms with van der Waals surface area (Å²) in [5, 5.41) is 9.85. The Bertz CT molecular complexity index is 672. The van der Waals surface area contributed by atoms with Gasteiger partial charge in [0.2, 0.25) is 0 Å². The molecule has 3 aliphatic rings. The van der Waals surface area contributed by atoms with Crippen molar-refractivity contribution in [3.63, 3.8) is 0 Å². The van der Waals surface area contributed by atoms with Crippen LogP contribution in [0.3, 0.4) is 0 Å². The summed E-state index contributed by atoms with van der Waals surface area (Å²) in [6.45, 7) is 4.30. The van der Waals surface area contributed by atoms with Crippen molar-refractivity contribution in [2.24, 2.45) is 17.3 Å². The van der Waals surface area contributed by atoms with Gasteiger partial charge < -0.3 is 5.11 Å². The van der Waals surface area contributed by atoms with E-state index in [1.807, 2.05) is 12.1 Å². The van der Waals surface area contributed by atoms with Crippen LogP contribution >= 0.6 is 0 Å². The van der Waals surface area contributed by atoms with Crippen molar-refractivity contribution in [3.05, 3.63) is 35.4 Å². The minimum Gasteiger partial charge on any atom is -0.508 e. The predicted octanol–water partition coefficient (Wildman–Crippen LogP) is 4.68. The maximum Gasteiger partial charge on any atom is 0.139 e. The van der Waals surface area contributed by atoms with Crippen LogP contribution in [-0.4, -0.2) is 10.9 Å². The lowest BCUT2D eigenvalue weighted by molar-refractivity contribution is -0.129. The zero-order valence-corrected chi connectivity index (χ0v) is 13.4. The van der Waals surface area contributed by atoms with Crippen LogP contribution in [0.4, 0.5) is 0 Å². The molecule has 2 heteroatoms. The van der Waals surface area contributed by atoms with Gasteiger partial charge in [0.15, 0.2) is 0 Å². The molecule has 3 aliphatic carbocycles. The molecule has 1 aromatic carbocycles. The number of allylic oxidation sites excluding steroid dienone is 2. The number of carbonyl (C=O) groups excluding carboxylic acids is 1. The first kappa shape index (κ1) is 14.0. The van der Waals surface area contributed by atoms with Gasteiger partial charge in [0.05, 0.1) is 0 Å². The van der Waals surface area contributed by atoms with Gasteiger partial charge in [0, 0.05) is 11.8 Å². The normalized spacial score (nSPS) is 38.5. The van der Waals surface area contributed by atoms with Crippen LogP contribution in [0.2, 0.25) is 0 Å². The number of fused-ring (bicyclic) bond motifs is 5. The molecule has 2 nitrogen and oxygen atoms in total. The van der Waals surface area contributed by atoms with E-state index < -0.39 is 0 Å². The molecule has 0 saturated heterocycles. The van der Waals surface area contributed by atoms with E-state index in [4.69, 9.17) is 0 Å². The highest BCUT2D eigenvalue weighted by molar-refractivity contribution is 5.87. The van der Waals surface area contributed by atoms with Crippen molar-refractivity contribution >= 4 is 11.4 Å². The molecule has 0 aromatic heterocycles. The fourth-order valence-corrected chi connectivity index (χ4v) is 5.51. The smallest absolute Gasteiger partial charge is 0.139 e. The van der Waals surface area contributed by atoms with E-state index in [1.54, 1.807) is 0 Å². The third-order valence-electron chi connectivity index (χ3n) is 6.73. The van der Waals surface area contributed by atoms with Crippen LogP contribution in [0.1, 0.15) is 63.0 Å². The minimum atomic E-state index is -0.0750. The summed E-state index contributed by atoms with van der Waals surface area (Å²) in [4.78, 5) is 12.4. The number of aromatic hydroxyl groups is 1. The first-order valence-corrected chi connectivity index (χ1v) is 8.56. The van der Waals surface area contributed by atoms with Crippen LogP contribution in [0.25, 0.3) is 5.57 Å². The molecule has 0 heterocycles. The van der Waals surface area contributed by atoms with Crippen LogP contribution in [0, 0.1) is 17.3 Å². The molecule has 2 fully saturated rings. The van der Waals surface area contributed by atoms with Crippen molar-refractivity contribution in [1.29, 1.82) is 0 Å². The molecule has 4 atom stereocenters. The van der Waals surface area contributed by atoms with Crippen LogP contribution in [0.15, 0.2) is 24.3 Å². The summed E-state index contributed by atoms with van der Waals surface area (Å²) in [5.41, 5.74) is 3.89. The lowest BCUT2D eigenvalue weighted by Gasteiger charge is -2.48. The molecule has 2 saturated carbocycles. The predicted molar refractivity (Wildman–Crippen MR) is 87.7 cm³/mol.